The van der Waals surface area contributed by atoms with Gasteiger partial charge in [0.15, 0.2) is 0 Å². The number of hydrogen-bond acceptors (Lipinski definition) is 3. The van der Waals surface area contributed by atoms with Crippen LogP contribution >= 0.6 is 15.9 Å². The van der Waals surface area contributed by atoms with Crippen LogP contribution in [0.25, 0.3) is 0 Å². The largest absolute Gasteiger partial charge is 0.312 e. The van der Waals surface area contributed by atoms with Crippen molar-refractivity contribution in [1.82, 2.24) is 10.2 Å². The highest BCUT2D eigenvalue weighted by Gasteiger charge is 2.35. The first-order valence-corrected chi connectivity index (χ1v) is 7.70. The molecule has 2 heterocycles. The number of anilines is 2. The Morgan fingerprint density at radius 3 is 2.95 bits per heavy atom. The monoisotopic (exact) mass is 362 g/mol. The molecule has 22 heavy (non-hydrogen) atoms. The van der Waals surface area contributed by atoms with E-state index in [-0.39, 0.29) is 24.2 Å². The van der Waals surface area contributed by atoms with Crippen LogP contribution < -0.4 is 10.2 Å². The number of hydrogen-bond donors (Lipinski definition) is 2. The number of carbonyl (C=O) groups is 2. The van der Waals surface area contributed by atoms with Gasteiger partial charge < -0.3 is 10.2 Å². The summed E-state index contributed by atoms with van der Waals surface area (Å²) in [6.07, 6.45) is 1.78. The summed E-state index contributed by atoms with van der Waals surface area (Å²) in [5.74, 6) is -0.0319. The topological polar surface area (TPSA) is 78.1 Å². The third-order valence-corrected chi connectivity index (χ3v) is 4.60. The molecule has 114 valence electrons. The molecule has 2 N–H and O–H groups in total. The van der Waals surface area contributed by atoms with Crippen LogP contribution in [-0.4, -0.2) is 28.6 Å². The highest BCUT2D eigenvalue weighted by atomic mass is 79.9. The Labute approximate surface area is 136 Å². The van der Waals surface area contributed by atoms with Gasteiger partial charge in [-0.15, -0.1) is 0 Å². The number of aryl methyl sites for hydroxylation is 1. The molecule has 1 aromatic heterocycles. The minimum atomic E-state index is -0.361. The van der Waals surface area contributed by atoms with Crippen molar-refractivity contribution in [3.05, 3.63) is 40.5 Å². The number of carbonyl (C=O) groups excluding carboxylic acids is 2. The van der Waals surface area contributed by atoms with Crippen LogP contribution in [0.5, 0.6) is 0 Å². The van der Waals surface area contributed by atoms with Gasteiger partial charge in [-0.3, -0.25) is 14.7 Å². The third kappa shape index (κ3) is 2.89. The maximum Gasteiger partial charge on any atom is 0.230 e. The maximum atomic E-state index is 12.2. The lowest BCUT2D eigenvalue weighted by molar-refractivity contribution is -0.122. The van der Waals surface area contributed by atoms with Crippen LogP contribution in [0, 0.1) is 12.8 Å². The number of amides is 2. The van der Waals surface area contributed by atoms with E-state index in [1.54, 1.807) is 17.2 Å². The Morgan fingerprint density at radius 2 is 2.27 bits per heavy atom. The molecule has 2 aromatic rings. The van der Waals surface area contributed by atoms with Crippen molar-refractivity contribution < 1.29 is 9.59 Å². The fourth-order valence-corrected chi connectivity index (χ4v) is 2.74. The molecule has 0 spiro atoms. The lowest BCUT2D eigenvalue weighted by Gasteiger charge is -2.17. The van der Waals surface area contributed by atoms with E-state index in [9.17, 15) is 9.59 Å². The number of aromatic amines is 1. The van der Waals surface area contributed by atoms with Crippen molar-refractivity contribution in [2.45, 2.75) is 13.3 Å². The van der Waals surface area contributed by atoms with Crippen LogP contribution in [0.3, 0.4) is 0 Å². The Balaban J connectivity index is 1.72. The van der Waals surface area contributed by atoms with E-state index in [2.05, 4.69) is 31.4 Å². The molecule has 1 aromatic carbocycles. The standard InChI is InChI=1S/C15H15BrN4O2/c1-9-6-11(2-3-12(9)16)20-8-10(7-14(20)21)15(22)18-13-4-5-17-19-13/h2-6,10H,7-8H2,1H3,(H2,17,18,19,22). The quantitative estimate of drug-likeness (QED) is 0.880. The summed E-state index contributed by atoms with van der Waals surface area (Å²) in [5, 5.41) is 9.18. The molecule has 1 unspecified atom stereocenters. The normalized spacial score (nSPS) is 17.8. The molecule has 1 atom stereocenters. The molecule has 7 heteroatoms. The van der Waals surface area contributed by atoms with Crippen molar-refractivity contribution in [3.8, 4) is 0 Å². The van der Waals surface area contributed by atoms with Gasteiger partial charge in [0.1, 0.15) is 5.82 Å². The molecule has 1 fully saturated rings. The summed E-state index contributed by atoms with van der Waals surface area (Å²) >= 11 is 3.44. The summed E-state index contributed by atoms with van der Waals surface area (Å²) in [6, 6.07) is 7.40. The number of rotatable bonds is 3. The lowest BCUT2D eigenvalue weighted by atomic mass is 10.1. The predicted molar refractivity (Wildman–Crippen MR) is 86.6 cm³/mol. The van der Waals surface area contributed by atoms with Gasteiger partial charge in [0.05, 0.1) is 12.1 Å². The van der Waals surface area contributed by atoms with Gasteiger partial charge in [-0.05, 0) is 30.7 Å². The highest BCUT2D eigenvalue weighted by Crippen LogP contribution is 2.28. The van der Waals surface area contributed by atoms with E-state index in [0.717, 1.165) is 15.7 Å². The number of nitrogens with zero attached hydrogens (tertiary/aromatic N) is 2. The highest BCUT2D eigenvalue weighted by molar-refractivity contribution is 9.10. The molecule has 0 saturated carbocycles. The van der Waals surface area contributed by atoms with Gasteiger partial charge in [0, 0.05) is 29.2 Å². The van der Waals surface area contributed by atoms with E-state index in [4.69, 9.17) is 0 Å². The maximum absolute atomic E-state index is 12.2. The molecule has 0 bridgehead atoms. The molecule has 1 saturated heterocycles. The molecule has 1 aliphatic heterocycles. The molecule has 6 nitrogen and oxygen atoms in total. The Morgan fingerprint density at radius 1 is 1.45 bits per heavy atom. The van der Waals surface area contributed by atoms with E-state index in [0.29, 0.717) is 12.4 Å². The van der Waals surface area contributed by atoms with Gasteiger partial charge in [0.2, 0.25) is 11.8 Å². The van der Waals surface area contributed by atoms with Crippen molar-refractivity contribution in [2.75, 3.05) is 16.8 Å². The Bertz CT molecular complexity index is 714. The first-order valence-electron chi connectivity index (χ1n) is 6.91. The van der Waals surface area contributed by atoms with Crippen molar-refractivity contribution in [2.24, 2.45) is 5.92 Å². The second-order valence-electron chi connectivity index (χ2n) is 5.30. The van der Waals surface area contributed by atoms with Crippen LogP contribution in [-0.2, 0) is 9.59 Å². The minimum absolute atomic E-state index is 0.0357. The SMILES string of the molecule is Cc1cc(N2CC(C(=O)Nc3ccn[nH]3)CC2=O)ccc1Br. The van der Waals surface area contributed by atoms with E-state index in [1.807, 2.05) is 25.1 Å². The zero-order chi connectivity index (χ0) is 15.7. The molecule has 0 radical (unpaired) electrons. The van der Waals surface area contributed by atoms with Gasteiger partial charge in [-0.1, -0.05) is 15.9 Å². The molecule has 0 aliphatic carbocycles. The summed E-state index contributed by atoms with van der Waals surface area (Å²) in [6.45, 7) is 2.36. The fraction of sp³-hybridized carbons (Fsp3) is 0.267. The van der Waals surface area contributed by atoms with Gasteiger partial charge in [-0.25, -0.2) is 0 Å². The van der Waals surface area contributed by atoms with E-state index in [1.165, 1.54) is 0 Å². The summed E-state index contributed by atoms with van der Waals surface area (Å²) in [5.41, 5.74) is 1.87. The third-order valence-electron chi connectivity index (χ3n) is 3.71. The van der Waals surface area contributed by atoms with Gasteiger partial charge in [-0.2, -0.15) is 5.10 Å². The van der Waals surface area contributed by atoms with Crippen LogP contribution in [0.4, 0.5) is 11.5 Å². The van der Waals surface area contributed by atoms with Gasteiger partial charge in [0.25, 0.3) is 0 Å². The molecule has 2 amide bonds. The Hall–Kier alpha value is -2.15. The van der Waals surface area contributed by atoms with Crippen LogP contribution in [0.2, 0.25) is 0 Å². The first-order chi connectivity index (χ1) is 10.5. The number of H-pyrrole nitrogens is 1. The Kier molecular flexibility index (Phi) is 3.98. The number of benzene rings is 1. The fourth-order valence-electron chi connectivity index (χ4n) is 2.49. The zero-order valence-electron chi connectivity index (χ0n) is 12.0. The first kappa shape index (κ1) is 14.8. The molecule has 3 rings (SSSR count). The number of halogens is 1. The van der Waals surface area contributed by atoms with Crippen LogP contribution in [0.15, 0.2) is 34.9 Å². The molecular formula is C15H15BrN4O2. The number of nitrogens with one attached hydrogen (secondary N) is 2. The average Bonchev–Trinajstić information content (AvgIpc) is 3.11. The minimum Gasteiger partial charge on any atom is -0.312 e. The second kappa shape index (κ2) is 5.92. The summed E-state index contributed by atoms with van der Waals surface area (Å²) in [4.78, 5) is 26.1. The second-order valence-corrected chi connectivity index (χ2v) is 6.15. The van der Waals surface area contributed by atoms with E-state index < -0.39 is 0 Å². The number of aromatic nitrogens is 2. The van der Waals surface area contributed by atoms with E-state index >= 15 is 0 Å². The van der Waals surface area contributed by atoms with Crippen LogP contribution in [0.1, 0.15) is 12.0 Å². The molecular weight excluding hydrogens is 348 g/mol. The van der Waals surface area contributed by atoms with Crippen molar-refractivity contribution in [1.29, 1.82) is 0 Å². The zero-order valence-corrected chi connectivity index (χ0v) is 13.6. The van der Waals surface area contributed by atoms with Crippen molar-refractivity contribution >= 4 is 39.2 Å². The average molecular weight is 363 g/mol. The summed E-state index contributed by atoms with van der Waals surface area (Å²) < 4.78 is 0.997. The predicted octanol–water partition coefficient (Wildman–Crippen LogP) is 2.47. The van der Waals surface area contributed by atoms with Crippen molar-refractivity contribution in [3.63, 3.8) is 0 Å². The van der Waals surface area contributed by atoms with Gasteiger partial charge >= 0.3 is 0 Å². The smallest absolute Gasteiger partial charge is 0.230 e. The lowest BCUT2D eigenvalue weighted by Crippen LogP contribution is -2.28. The summed E-state index contributed by atoms with van der Waals surface area (Å²) in [7, 11) is 0. The molecule has 1 aliphatic rings.